The van der Waals surface area contributed by atoms with Crippen LogP contribution in [0, 0.1) is 18.6 Å². The standard InChI is InChI=1S/C15H15BrF2N2/c1-9-2-4-11(8-12(9)16)15(20-19)7-10-3-5-13(17)14(18)6-10/h2-6,8,15,20H,7,19H2,1H3. The van der Waals surface area contributed by atoms with Gasteiger partial charge in [0.15, 0.2) is 11.6 Å². The molecule has 0 saturated heterocycles. The molecule has 0 aliphatic rings. The van der Waals surface area contributed by atoms with Crippen LogP contribution in [0.3, 0.4) is 0 Å². The summed E-state index contributed by atoms with van der Waals surface area (Å²) in [5.41, 5.74) is 5.50. The molecule has 2 nitrogen and oxygen atoms in total. The Morgan fingerprint density at radius 1 is 1.15 bits per heavy atom. The monoisotopic (exact) mass is 340 g/mol. The molecule has 2 rings (SSSR count). The van der Waals surface area contributed by atoms with Crippen LogP contribution < -0.4 is 11.3 Å². The first-order valence-electron chi connectivity index (χ1n) is 6.17. The van der Waals surface area contributed by atoms with Crippen LogP contribution >= 0.6 is 15.9 Å². The summed E-state index contributed by atoms with van der Waals surface area (Å²) in [6.45, 7) is 1.99. The van der Waals surface area contributed by atoms with Crippen molar-refractivity contribution < 1.29 is 8.78 Å². The molecular weight excluding hydrogens is 326 g/mol. The number of halogens is 3. The summed E-state index contributed by atoms with van der Waals surface area (Å²) >= 11 is 3.47. The second kappa shape index (κ2) is 6.43. The second-order valence-electron chi connectivity index (χ2n) is 4.68. The summed E-state index contributed by atoms with van der Waals surface area (Å²) in [7, 11) is 0. The minimum Gasteiger partial charge on any atom is -0.271 e. The van der Waals surface area contributed by atoms with Crippen LogP contribution in [-0.2, 0) is 6.42 Å². The fraction of sp³-hybridized carbons (Fsp3) is 0.200. The third kappa shape index (κ3) is 3.42. The third-order valence-corrected chi connectivity index (χ3v) is 4.08. The van der Waals surface area contributed by atoms with Gasteiger partial charge in [0.05, 0.1) is 6.04 Å². The van der Waals surface area contributed by atoms with Crippen LogP contribution in [0.5, 0.6) is 0 Å². The molecule has 0 fully saturated rings. The highest BCUT2D eigenvalue weighted by molar-refractivity contribution is 9.10. The molecule has 20 heavy (non-hydrogen) atoms. The topological polar surface area (TPSA) is 38.0 Å². The summed E-state index contributed by atoms with van der Waals surface area (Å²) in [5.74, 6) is 3.89. The fourth-order valence-corrected chi connectivity index (χ4v) is 2.40. The predicted molar refractivity (Wildman–Crippen MR) is 79.0 cm³/mol. The van der Waals surface area contributed by atoms with Crippen LogP contribution in [0.15, 0.2) is 40.9 Å². The normalized spacial score (nSPS) is 12.4. The lowest BCUT2D eigenvalue weighted by Crippen LogP contribution is -2.29. The van der Waals surface area contributed by atoms with Gasteiger partial charge in [0.2, 0.25) is 0 Å². The van der Waals surface area contributed by atoms with Crippen molar-refractivity contribution >= 4 is 15.9 Å². The van der Waals surface area contributed by atoms with Crippen molar-refractivity contribution in [1.29, 1.82) is 0 Å². The number of aryl methyl sites for hydroxylation is 1. The predicted octanol–water partition coefficient (Wildman–Crippen LogP) is 3.78. The molecule has 3 N–H and O–H groups in total. The summed E-state index contributed by atoms with van der Waals surface area (Å²) in [4.78, 5) is 0. The molecular formula is C15H15BrF2N2. The van der Waals surface area contributed by atoms with E-state index in [0.29, 0.717) is 12.0 Å². The van der Waals surface area contributed by atoms with Gasteiger partial charge in [-0.25, -0.2) is 8.78 Å². The summed E-state index contributed by atoms with van der Waals surface area (Å²) in [6, 6.07) is 9.63. The van der Waals surface area contributed by atoms with Crippen molar-refractivity contribution in [1.82, 2.24) is 5.43 Å². The van der Waals surface area contributed by atoms with Gasteiger partial charge < -0.3 is 0 Å². The lowest BCUT2D eigenvalue weighted by Gasteiger charge is -2.17. The molecule has 2 aromatic carbocycles. The minimum absolute atomic E-state index is 0.170. The van der Waals surface area contributed by atoms with Crippen LogP contribution in [0.25, 0.3) is 0 Å². The van der Waals surface area contributed by atoms with Crippen molar-refractivity contribution in [3.05, 3.63) is 69.2 Å². The Balaban J connectivity index is 2.23. The van der Waals surface area contributed by atoms with E-state index in [0.717, 1.165) is 21.7 Å². The number of hydrogen-bond acceptors (Lipinski definition) is 2. The minimum atomic E-state index is -0.844. The second-order valence-corrected chi connectivity index (χ2v) is 5.53. The molecule has 0 radical (unpaired) electrons. The van der Waals surface area contributed by atoms with Gasteiger partial charge in [-0.3, -0.25) is 11.3 Å². The number of benzene rings is 2. The Kier molecular flexibility index (Phi) is 4.86. The zero-order valence-corrected chi connectivity index (χ0v) is 12.5. The molecule has 1 unspecified atom stereocenters. The number of nitrogens with two attached hydrogens (primary N) is 1. The summed E-state index contributed by atoms with van der Waals surface area (Å²) < 4.78 is 27.1. The molecule has 0 amide bonds. The number of nitrogens with one attached hydrogen (secondary N) is 1. The first-order valence-corrected chi connectivity index (χ1v) is 6.96. The Bertz CT molecular complexity index is 617. The van der Waals surface area contributed by atoms with E-state index >= 15 is 0 Å². The quantitative estimate of drug-likeness (QED) is 0.656. The van der Waals surface area contributed by atoms with E-state index < -0.39 is 11.6 Å². The maximum atomic E-state index is 13.2. The third-order valence-electron chi connectivity index (χ3n) is 3.22. The van der Waals surface area contributed by atoms with Crippen molar-refractivity contribution in [2.75, 3.05) is 0 Å². The zero-order chi connectivity index (χ0) is 14.7. The Labute approximate surface area is 125 Å². The maximum absolute atomic E-state index is 13.2. The van der Waals surface area contributed by atoms with Crippen molar-refractivity contribution in [3.8, 4) is 0 Å². The number of hydrazine groups is 1. The first-order chi connectivity index (χ1) is 9.51. The summed E-state index contributed by atoms with van der Waals surface area (Å²) in [6.07, 6.45) is 0.475. The molecule has 0 aliphatic carbocycles. The van der Waals surface area contributed by atoms with E-state index in [-0.39, 0.29) is 6.04 Å². The highest BCUT2D eigenvalue weighted by Crippen LogP contribution is 2.24. The molecule has 2 aromatic rings. The van der Waals surface area contributed by atoms with Gasteiger partial charge in [-0.05, 0) is 48.2 Å². The van der Waals surface area contributed by atoms with E-state index in [4.69, 9.17) is 5.84 Å². The van der Waals surface area contributed by atoms with E-state index in [1.807, 2.05) is 25.1 Å². The average Bonchev–Trinajstić information content (AvgIpc) is 2.43. The van der Waals surface area contributed by atoms with Gasteiger partial charge in [-0.2, -0.15) is 0 Å². The van der Waals surface area contributed by atoms with Gasteiger partial charge in [-0.1, -0.05) is 34.1 Å². The lowest BCUT2D eigenvalue weighted by atomic mass is 9.98. The molecule has 0 saturated carbocycles. The molecule has 1 atom stereocenters. The zero-order valence-electron chi connectivity index (χ0n) is 11.0. The van der Waals surface area contributed by atoms with Gasteiger partial charge in [0, 0.05) is 4.47 Å². The largest absolute Gasteiger partial charge is 0.271 e. The van der Waals surface area contributed by atoms with Crippen molar-refractivity contribution in [2.45, 2.75) is 19.4 Å². The van der Waals surface area contributed by atoms with Crippen molar-refractivity contribution in [2.24, 2.45) is 5.84 Å². The van der Waals surface area contributed by atoms with E-state index in [2.05, 4.69) is 21.4 Å². The molecule has 0 aliphatic heterocycles. The lowest BCUT2D eigenvalue weighted by molar-refractivity contribution is 0.502. The Morgan fingerprint density at radius 2 is 1.90 bits per heavy atom. The van der Waals surface area contributed by atoms with Crippen LogP contribution in [-0.4, -0.2) is 0 Å². The van der Waals surface area contributed by atoms with E-state index in [9.17, 15) is 8.78 Å². The summed E-state index contributed by atoms with van der Waals surface area (Å²) in [5, 5.41) is 0. The Morgan fingerprint density at radius 3 is 2.50 bits per heavy atom. The highest BCUT2D eigenvalue weighted by Gasteiger charge is 2.13. The number of rotatable bonds is 4. The van der Waals surface area contributed by atoms with Crippen LogP contribution in [0.2, 0.25) is 0 Å². The van der Waals surface area contributed by atoms with Crippen molar-refractivity contribution in [3.63, 3.8) is 0 Å². The molecule has 0 spiro atoms. The molecule has 5 heteroatoms. The van der Waals surface area contributed by atoms with Gasteiger partial charge in [0.1, 0.15) is 0 Å². The van der Waals surface area contributed by atoms with Gasteiger partial charge in [-0.15, -0.1) is 0 Å². The van der Waals surface area contributed by atoms with Crippen LogP contribution in [0.4, 0.5) is 8.78 Å². The SMILES string of the molecule is Cc1ccc(C(Cc2ccc(F)c(F)c2)NN)cc1Br. The maximum Gasteiger partial charge on any atom is 0.159 e. The molecule has 0 bridgehead atoms. The van der Waals surface area contributed by atoms with E-state index in [1.165, 1.54) is 6.07 Å². The van der Waals surface area contributed by atoms with Gasteiger partial charge in [0.25, 0.3) is 0 Å². The highest BCUT2D eigenvalue weighted by atomic mass is 79.9. The molecule has 0 heterocycles. The van der Waals surface area contributed by atoms with E-state index in [1.54, 1.807) is 6.07 Å². The molecule has 0 aromatic heterocycles. The average molecular weight is 341 g/mol. The molecule has 106 valence electrons. The first kappa shape index (κ1) is 15.1. The van der Waals surface area contributed by atoms with Crippen LogP contribution in [0.1, 0.15) is 22.7 Å². The fourth-order valence-electron chi connectivity index (χ4n) is 2.00. The Hall–Kier alpha value is -1.30. The van der Waals surface area contributed by atoms with Gasteiger partial charge >= 0.3 is 0 Å². The smallest absolute Gasteiger partial charge is 0.159 e. The number of hydrogen-bond donors (Lipinski definition) is 2.